The van der Waals surface area contributed by atoms with E-state index in [1.54, 1.807) is 25.3 Å². The van der Waals surface area contributed by atoms with E-state index < -0.39 is 0 Å². The number of amides is 2. The largest absolute Gasteiger partial charge is 0.495 e. The standard InChI is InChI=1S/C25H31ClN2O3/c1-18-5-7-19(8-6-18)10-14-25(30)28-15-3-4-20(17-28)9-13-24(29)27-22-16-21(26)11-12-23(22)31-2/h5-8,11-12,16,20H,3-4,9-10,13-15,17H2,1-2H3,(H,27,29)/t20-/m1/s1. The Morgan fingerprint density at radius 3 is 2.68 bits per heavy atom. The number of rotatable bonds is 8. The first-order valence-electron chi connectivity index (χ1n) is 10.9. The van der Waals surface area contributed by atoms with E-state index in [2.05, 4.69) is 36.5 Å². The molecule has 3 rings (SSSR count). The maximum absolute atomic E-state index is 12.7. The zero-order chi connectivity index (χ0) is 22.2. The minimum Gasteiger partial charge on any atom is -0.495 e. The van der Waals surface area contributed by atoms with Gasteiger partial charge in [-0.3, -0.25) is 9.59 Å². The summed E-state index contributed by atoms with van der Waals surface area (Å²) in [5.74, 6) is 1.08. The predicted octanol–water partition coefficient (Wildman–Crippen LogP) is 5.25. The number of piperidine rings is 1. The summed E-state index contributed by atoms with van der Waals surface area (Å²) >= 11 is 6.03. The van der Waals surface area contributed by atoms with Crippen LogP contribution < -0.4 is 10.1 Å². The van der Waals surface area contributed by atoms with Crippen molar-refractivity contribution in [2.24, 2.45) is 5.92 Å². The number of aryl methyl sites for hydroxylation is 2. The van der Waals surface area contributed by atoms with Crippen LogP contribution in [0.25, 0.3) is 0 Å². The molecule has 0 aliphatic carbocycles. The van der Waals surface area contributed by atoms with Gasteiger partial charge in [-0.05, 0) is 62.3 Å². The normalized spacial score (nSPS) is 16.1. The molecule has 2 aromatic rings. The number of benzene rings is 2. The zero-order valence-corrected chi connectivity index (χ0v) is 19.1. The lowest BCUT2D eigenvalue weighted by molar-refractivity contribution is -0.133. The molecule has 5 nitrogen and oxygen atoms in total. The highest BCUT2D eigenvalue weighted by molar-refractivity contribution is 6.31. The Hall–Kier alpha value is -2.53. The van der Waals surface area contributed by atoms with Crippen molar-refractivity contribution in [2.45, 2.75) is 45.4 Å². The minimum absolute atomic E-state index is 0.0663. The maximum atomic E-state index is 12.7. The molecule has 0 unspecified atom stereocenters. The Balaban J connectivity index is 1.45. The third kappa shape index (κ3) is 7.00. The minimum atomic E-state index is -0.0663. The van der Waals surface area contributed by atoms with Crippen LogP contribution in [-0.4, -0.2) is 36.9 Å². The summed E-state index contributed by atoms with van der Waals surface area (Å²) in [7, 11) is 1.56. The lowest BCUT2D eigenvalue weighted by Crippen LogP contribution is -2.40. The molecule has 1 aliphatic rings. The molecule has 2 amide bonds. The zero-order valence-electron chi connectivity index (χ0n) is 18.3. The third-order valence-corrected chi connectivity index (χ3v) is 6.07. The number of methoxy groups -OCH3 is 1. The van der Waals surface area contributed by atoms with Crippen molar-refractivity contribution < 1.29 is 14.3 Å². The molecular weight excluding hydrogens is 412 g/mol. The van der Waals surface area contributed by atoms with Gasteiger partial charge < -0.3 is 15.0 Å². The van der Waals surface area contributed by atoms with Crippen LogP contribution in [0.4, 0.5) is 5.69 Å². The average Bonchev–Trinajstić information content (AvgIpc) is 2.77. The van der Waals surface area contributed by atoms with E-state index in [0.717, 1.165) is 38.8 Å². The molecule has 1 heterocycles. The van der Waals surface area contributed by atoms with Gasteiger partial charge in [0.25, 0.3) is 0 Å². The van der Waals surface area contributed by atoms with E-state index in [9.17, 15) is 9.59 Å². The van der Waals surface area contributed by atoms with E-state index in [-0.39, 0.29) is 11.8 Å². The van der Waals surface area contributed by atoms with Crippen LogP contribution in [0.2, 0.25) is 5.02 Å². The van der Waals surface area contributed by atoms with E-state index in [1.165, 1.54) is 11.1 Å². The second-order valence-corrected chi connectivity index (χ2v) is 8.70. The number of likely N-dealkylation sites (tertiary alicyclic amines) is 1. The summed E-state index contributed by atoms with van der Waals surface area (Å²) in [6, 6.07) is 13.5. The third-order valence-electron chi connectivity index (χ3n) is 5.84. The van der Waals surface area contributed by atoms with Crippen molar-refractivity contribution in [3.05, 3.63) is 58.6 Å². The van der Waals surface area contributed by atoms with Gasteiger partial charge in [0.05, 0.1) is 12.8 Å². The van der Waals surface area contributed by atoms with Gasteiger partial charge in [0.2, 0.25) is 11.8 Å². The lowest BCUT2D eigenvalue weighted by Gasteiger charge is -2.33. The van der Waals surface area contributed by atoms with E-state index in [1.807, 2.05) is 4.90 Å². The number of carbonyl (C=O) groups excluding carboxylic acids is 2. The van der Waals surface area contributed by atoms with Gasteiger partial charge in [-0.25, -0.2) is 0 Å². The molecule has 166 valence electrons. The van der Waals surface area contributed by atoms with Crippen LogP contribution in [0.1, 0.15) is 43.2 Å². The second kappa shape index (κ2) is 11.2. The molecule has 1 aliphatic heterocycles. The molecule has 0 spiro atoms. The summed E-state index contributed by atoms with van der Waals surface area (Å²) in [5.41, 5.74) is 3.00. The fourth-order valence-corrected chi connectivity index (χ4v) is 4.19. The molecule has 2 aromatic carbocycles. The summed E-state index contributed by atoms with van der Waals surface area (Å²) in [6.07, 6.45) is 4.51. The topological polar surface area (TPSA) is 58.6 Å². The van der Waals surface area contributed by atoms with E-state index in [4.69, 9.17) is 16.3 Å². The Kier molecular flexibility index (Phi) is 8.35. The quantitative estimate of drug-likeness (QED) is 0.607. The van der Waals surface area contributed by atoms with E-state index in [0.29, 0.717) is 35.2 Å². The molecular formula is C25H31ClN2O3. The second-order valence-electron chi connectivity index (χ2n) is 8.27. The van der Waals surface area contributed by atoms with Crippen LogP contribution in [-0.2, 0) is 16.0 Å². The lowest BCUT2D eigenvalue weighted by atomic mass is 9.93. The van der Waals surface area contributed by atoms with Crippen LogP contribution in [0.15, 0.2) is 42.5 Å². The van der Waals surface area contributed by atoms with E-state index >= 15 is 0 Å². The number of halogens is 1. The number of nitrogens with one attached hydrogen (secondary N) is 1. The summed E-state index contributed by atoms with van der Waals surface area (Å²) in [4.78, 5) is 27.1. The van der Waals surface area contributed by atoms with Gasteiger partial charge in [0, 0.05) is 31.0 Å². The number of anilines is 1. The van der Waals surface area contributed by atoms with Crippen molar-refractivity contribution in [2.75, 3.05) is 25.5 Å². The molecule has 1 saturated heterocycles. The van der Waals surface area contributed by atoms with Gasteiger partial charge >= 0.3 is 0 Å². The first-order chi connectivity index (χ1) is 14.9. The molecule has 1 atom stereocenters. The van der Waals surface area contributed by atoms with Crippen LogP contribution in [0.5, 0.6) is 5.75 Å². The molecule has 6 heteroatoms. The fourth-order valence-electron chi connectivity index (χ4n) is 4.02. The van der Waals surface area contributed by atoms with Gasteiger partial charge in [-0.15, -0.1) is 0 Å². The van der Waals surface area contributed by atoms with Gasteiger partial charge in [0.1, 0.15) is 5.75 Å². The number of nitrogens with zero attached hydrogens (tertiary/aromatic N) is 1. The van der Waals surface area contributed by atoms with Crippen molar-refractivity contribution >= 4 is 29.1 Å². The Bertz CT molecular complexity index is 898. The van der Waals surface area contributed by atoms with Crippen LogP contribution in [0.3, 0.4) is 0 Å². The average molecular weight is 443 g/mol. The fraction of sp³-hybridized carbons (Fsp3) is 0.440. The van der Waals surface area contributed by atoms with Crippen molar-refractivity contribution in [1.82, 2.24) is 4.90 Å². The molecule has 0 aromatic heterocycles. The number of hydrogen-bond donors (Lipinski definition) is 1. The van der Waals surface area contributed by atoms with Crippen molar-refractivity contribution in [3.63, 3.8) is 0 Å². The molecule has 31 heavy (non-hydrogen) atoms. The summed E-state index contributed by atoms with van der Waals surface area (Å²) in [6.45, 7) is 3.62. The van der Waals surface area contributed by atoms with Crippen molar-refractivity contribution in [1.29, 1.82) is 0 Å². The first-order valence-corrected chi connectivity index (χ1v) is 11.3. The predicted molar refractivity (Wildman–Crippen MR) is 125 cm³/mol. The Morgan fingerprint density at radius 1 is 1.16 bits per heavy atom. The van der Waals surface area contributed by atoms with Gasteiger partial charge in [-0.1, -0.05) is 41.4 Å². The number of ether oxygens (including phenoxy) is 1. The summed E-state index contributed by atoms with van der Waals surface area (Å²) in [5, 5.41) is 3.43. The van der Waals surface area contributed by atoms with Gasteiger partial charge in [0.15, 0.2) is 0 Å². The monoisotopic (exact) mass is 442 g/mol. The molecule has 0 radical (unpaired) electrons. The van der Waals surface area contributed by atoms with Crippen molar-refractivity contribution in [3.8, 4) is 5.75 Å². The summed E-state index contributed by atoms with van der Waals surface area (Å²) < 4.78 is 5.28. The maximum Gasteiger partial charge on any atom is 0.224 e. The highest BCUT2D eigenvalue weighted by atomic mass is 35.5. The van der Waals surface area contributed by atoms with Crippen LogP contribution >= 0.6 is 11.6 Å². The first kappa shape index (κ1) is 23.1. The Labute approximate surface area is 189 Å². The highest BCUT2D eigenvalue weighted by Gasteiger charge is 2.24. The molecule has 0 bridgehead atoms. The molecule has 1 fully saturated rings. The SMILES string of the molecule is COc1ccc(Cl)cc1NC(=O)CC[C@H]1CCCN(C(=O)CCc2ccc(C)cc2)C1. The number of hydrogen-bond acceptors (Lipinski definition) is 3. The molecule has 1 N–H and O–H groups in total. The number of carbonyl (C=O) groups is 2. The highest BCUT2D eigenvalue weighted by Crippen LogP contribution is 2.28. The van der Waals surface area contributed by atoms with Crippen LogP contribution in [0, 0.1) is 12.8 Å². The molecule has 0 saturated carbocycles. The Morgan fingerprint density at radius 2 is 1.94 bits per heavy atom. The smallest absolute Gasteiger partial charge is 0.224 e. The van der Waals surface area contributed by atoms with Gasteiger partial charge in [-0.2, -0.15) is 0 Å².